The van der Waals surface area contributed by atoms with Gasteiger partial charge in [-0.25, -0.2) is 0 Å². The maximum Gasteiger partial charge on any atom is 0.223 e. The van der Waals surface area contributed by atoms with E-state index in [1.807, 2.05) is 12.1 Å². The fourth-order valence-electron chi connectivity index (χ4n) is 2.96. The normalized spacial score (nSPS) is 22.7. The SMILES string of the molecule is Cc1ccccc1C1CC1C(=O)NC(CCO)C(C)(C)C. The largest absolute Gasteiger partial charge is 0.396 e. The molecule has 3 heteroatoms. The minimum atomic E-state index is -0.0363. The molecule has 1 aromatic rings. The standard InChI is InChI=1S/C18H27NO2/c1-12-7-5-6-8-13(12)14-11-15(14)17(21)19-16(9-10-20)18(2,3)4/h5-8,14-16,20H,9-11H2,1-4H3,(H,19,21). The van der Waals surface area contributed by atoms with Crippen LogP contribution in [-0.2, 0) is 4.79 Å². The van der Waals surface area contributed by atoms with Gasteiger partial charge in [-0.1, -0.05) is 45.0 Å². The fraction of sp³-hybridized carbons (Fsp3) is 0.611. The van der Waals surface area contributed by atoms with E-state index in [0.29, 0.717) is 12.3 Å². The first-order valence-corrected chi connectivity index (χ1v) is 7.81. The van der Waals surface area contributed by atoms with E-state index in [9.17, 15) is 9.90 Å². The number of aryl methyl sites for hydroxylation is 1. The predicted molar refractivity (Wildman–Crippen MR) is 85.1 cm³/mol. The second-order valence-electron chi connectivity index (χ2n) is 7.24. The Kier molecular flexibility index (Phi) is 4.72. The fourth-order valence-corrected chi connectivity index (χ4v) is 2.96. The Hall–Kier alpha value is -1.35. The molecule has 0 saturated heterocycles. The molecule has 1 aliphatic rings. The van der Waals surface area contributed by atoms with Crippen LogP contribution < -0.4 is 5.32 Å². The average Bonchev–Trinajstić information content (AvgIpc) is 3.18. The van der Waals surface area contributed by atoms with Crippen LogP contribution in [0.25, 0.3) is 0 Å². The van der Waals surface area contributed by atoms with E-state index < -0.39 is 0 Å². The van der Waals surface area contributed by atoms with Crippen LogP contribution in [0.2, 0.25) is 0 Å². The summed E-state index contributed by atoms with van der Waals surface area (Å²) in [5.41, 5.74) is 2.53. The molecule has 0 aliphatic heterocycles. The van der Waals surface area contributed by atoms with E-state index in [-0.39, 0.29) is 29.9 Å². The van der Waals surface area contributed by atoms with Crippen LogP contribution in [0.5, 0.6) is 0 Å². The van der Waals surface area contributed by atoms with Gasteiger partial charge in [0.25, 0.3) is 0 Å². The molecule has 1 aliphatic carbocycles. The van der Waals surface area contributed by atoms with Crippen molar-refractivity contribution in [3.63, 3.8) is 0 Å². The van der Waals surface area contributed by atoms with Gasteiger partial charge in [-0.2, -0.15) is 0 Å². The lowest BCUT2D eigenvalue weighted by Crippen LogP contribution is -2.45. The van der Waals surface area contributed by atoms with Crippen molar-refractivity contribution in [1.82, 2.24) is 5.32 Å². The second kappa shape index (κ2) is 6.18. The predicted octanol–water partition coefficient (Wildman–Crippen LogP) is 3.01. The van der Waals surface area contributed by atoms with Crippen molar-refractivity contribution in [2.45, 2.75) is 52.5 Å². The van der Waals surface area contributed by atoms with Crippen LogP contribution in [0, 0.1) is 18.3 Å². The minimum Gasteiger partial charge on any atom is -0.396 e. The lowest BCUT2D eigenvalue weighted by Gasteiger charge is -2.31. The van der Waals surface area contributed by atoms with Crippen molar-refractivity contribution in [2.75, 3.05) is 6.61 Å². The summed E-state index contributed by atoms with van der Waals surface area (Å²) >= 11 is 0. The molecule has 0 bridgehead atoms. The first-order valence-electron chi connectivity index (χ1n) is 7.81. The van der Waals surface area contributed by atoms with Gasteiger partial charge in [-0.15, -0.1) is 0 Å². The Bertz CT molecular complexity index is 504. The Morgan fingerprint density at radius 3 is 2.62 bits per heavy atom. The van der Waals surface area contributed by atoms with Crippen molar-refractivity contribution in [3.05, 3.63) is 35.4 Å². The van der Waals surface area contributed by atoms with Crippen molar-refractivity contribution in [3.8, 4) is 0 Å². The summed E-state index contributed by atoms with van der Waals surface area (Å²) in [5.74, 6) is 0.590. The van der Waals surface area contributed by atoms with Gasteiger partial charge in [0, 0.05) is 18.6 Å². The van der Waals surface area contributed by atoms with Crippen LogP contribution in [0.3, 0.4) is 0 Å². The molecule has 0 heterocycles. The zero-order valence-corrected chi connectivity index (χ0v) is 13.5. The van der Waals surface area contributed by atoms with Gasteiger partial charge in [0.05, 0.1) is 0 Å². The number of nitrogens with one attached hydrogen (secondary N) is 1. The Morgan fingerprint density at radius 2 is 2.05 bits per heavy atom. The molecular weight excluding hydrogens is 262 g/mol. The average molecular weight is 289 g/mol. The molecule has 0 spiro atoms. The molecule has 1 saturated carbocycles. The van der Waals surface area contributed by atoms with Crippen LogP contribution >= 0.6 is 0 Å². The molecule has 3 atom stereocenters. The highest BCUT2D eigenvalue weighted by Crippen LogP contribution is 2.48. The van der Waals surface area contributed by atoms with E-state index >= 15 is 0 Å². The van der Waals surface area contributed by atoms with Gasteiger partial charge >= 0.3 is 0 Å². The lowest BCUT2D eigenvalue weighted by atomic mass is 9.85. The molecule has 1 aromatic carbocycles. The number of carbonyl (C=O) groups excluding carboxylic acids is 1. The molecule has 116 valence electrons. The third-order valence-electron chi connectivity index (χ3n) is 4.49. The number of rotatable bonds is 5. The lowest BCUT2D eigenvalue weighted by molar-refractivity contribution is -0.124. The first kappa shape index (κ1) is 16.0. The number of amides is 1. The monoisotopic (exact) mass is 289 g/mol. The number of benzene rings is 1. The quantitative estimate of drug-likeness (QED) is 0.875. The van der Waals surface area contributed by atoms with Gasteiger partial charge in [-0.05, 0) is 42.2 Å². The summed E-state index contributed by atoms with van der Waals surface area (Å²) in [7, 11) is 0. The third-order valence-corrected chi connectivity index (χ3v) is 4.49. The minimum absolute atomic E-state index is 0.0214. The number of hydrogen-bond donors (Lipinski definition) is 2. The van der Waals surface area contributed by atoms with Crippen LogP contribution in [0.1, 0.15) is 50.7 Å². The number of aliphatic hydroxyl groups is 1. The number of aliphatic hydroxyl groups excluding tert-OH is 1. The Balaban J connectivity index is 1.98. The van der Waals surface area contributed by atoms with Crippen LogP contribution in [0.15, 0.2) is 24.3 Å². The zero-order chi connectivity index (χ0) is 15.6. The van der Waals surface area contributed by atoms with E-state index in [0.717, 1.165) is 6.42 Å². The summed E-state index contributed by atoms with van der Waals surface area (Å²) in [6.07, 6.45) is 1.55. The van der Waals surface area contributed by atoms with E-state index in [1.165, 1.54) is 11.1 Å². The molecule has 3 nitrogen and oxygen atoms in total. The van der Waals surface area contributed by atoms with Gasteiger partial charge in [0.15, 0.2) is 0 Å². The summed E-state index contributed by atoms with van der Waals surface area (Å²) in [6.45, 7) is 8.50. The highest BCUT2D eigenvalue weighted by molar-refractivity contribution is 5.83. The van der Waals surface area contributed by atoms with Gasteiger partial charge in [-0.3, -0.25) is 4.79 Å². The van der Waals surface area contributed by atoms with E-state index in [1.54, 1.807) is 0 Å². The highest BCUT2D eigenvalue weighted by atomic mass is 16.3. The van der Waals surface area contributed by atoms with Gasteiger partial charge < -0.3 is 10.4 Å². The van der Waals surface area contributed by atoms with E-state index in [2.05, 4.69) is 45.1 Å². The molecule has 2 rings (SSSR count). The maximum atomic E-state index is 12.4. The van der Waals surface area contributed by atoms with Crippen molar-refractivity contribution in [2.24, 2.45) is 11.3 Å². The maximum absolute atomic E-state index is 12.4. The van der Waals surface area contributed by atoms with Crippen molar-refractivity contribution >= 4 is 5.91 Å². The first-order chi connectivity index (χ1) is 9.84. The van der Waals surface area contributed by atoms with Gasteiger partial charge in [0.2, 0.25) is 5.91 Å². The smallest absolute Gasteiger partial charge is 0.223 e. The molecule has 0 radical (unpaired) electrons. The van der Waals surface area contributed by atoms with Crippen LogP contribution in [-0.4, -0.2) is 23.7 Å². The summed E-state index contributed by atoms with van der Waals surface area (Å²) in [4.78, 5) is 12.4. The summed E-state index contributed by atoms with van der Waals surface area (Å²) < 4.78 is 0. The van der Waals surface area contributed by atoms with Crippen molar-refractivity contribution < 1.29 is 9.90 Å². The second-order valence-corrected chi connectivity index (χ2v) is 7.24. The highest BCUT2D eigenvalue weighted by Gasteiger charge is 2.45. The molecule has 2 N–H and O–H groups in total. The van der Waals surface area contributed by atoms with E-state index in [4.69, 9.17) is 0 Å². The topological polar surface area (TPSA) is 49.3 Å². The molecule has 1 fully saturated rings. The summed E-state index contributed by atoms with van der Waals surface area (Å²) in [6, 6.07) is 8.33. The van der Waals surface area contributed by atoms with Gasteiger partial charge in [0.1, 0.15) is 0 Å². The van der Waals surface area contributed by atoms with Crippen LogP contribution in [0.4, 0.5) is 0 Å². The third kappa shape index (κ3) is 3.85. The number of hydrogen-bond acceptors (Lipinski definition) is 2. The molecule has 21 heavy (non-hydrogen) atoms. The van der Waals surface area contributed by atoms with Crippen molar-refractivity contribution in [1.29, 1.82) is 0 Å². The Morgan fingerprint density at radius 1 is 1.38 bits per heavy atom. The summed E-state index contributed by atoms with van der Waals surface area (Å²) in [5, 5.41) is 12.3. The zero-order valence-electron chi connectivity index (χ0n) is 13.5. The molecule has 3 unspecified atom stereocenters. The molecular formula is C18H27NO2. The Labute approximate surface area is 127 Å². The molecule has 0 aromatic heterocycles. The molecule has 1 amide bonds. The number of carbonyl (C=O) groups is 1.